The number of esters is 1. The van der Waals surface area contributed by atoms with E-state index in [2.05, 4.69) is 10.3 Å². The van der Waals surface area contributed by atoms with E-state index < -0.39 is 48.1 Å². The van der Waals surface area contributed by atoms with Gasteiger partial charge in [-0.2, -0.15) is 4.98 Å². The van der Waals surface area contributed by atoms with Crippen LogP contribution in [0.5, 0.6) is 0 Å². The highest BCUT2D eigenvalue weighted by Crippen LogP contribution is 2.35. The average Bonchev–Trinajstić information content (AvgIpc) is 3.22. The monoisotopic (exact) mass is 517 g/mol. The molecule has 0 aliphatic carbocycles. The third-order valence-electron chi connectivity index (χ3n) is 5.77. The first-order valence-electron chi connectivity index (χ1n) is 11.9. The van der Waals surface area contributed by atoms with Crippen LogP contribution in [0.4, 0.5) is 5.82 Å². The molecule has 1 saturated heterocycles. The molecule has 0 radical (unpaired) electrons. The van der Waals surface area contributed by atoms with Crippen LogP contribution in [-0.4, -0.2) is 71.1 Å². The first-order chi connectivity index (χ1) is 17.7. The molecule has 12 nitrogen and oxygen atoms in total. The Morgan fingerprint density at radius 2 is 1.86 bits per heavy atom. The van der Waals surface area contributed by atoms with Gasteiger partial charge in [-0.3, -0.25) is 19.0 Å². The number of rotatable bonds is 12. The molecule has 1 fully saturated rings. The lowest BCUT2D eigenvalue weighted by Gasteiger charge is -2.25. The summed E-state index contributed by atoms with van der Waals surface area (Å²) < 4.78 is 23.9. The van der Waals surface area contributed by atoms with Gasteiger partial charge in [0, 0.05) is 24.4 Å². The van der Waals surface area contributed by atoms with Crippen molar-refractivity contribution >= 4 is 23.7 Å². The smallest absolute Gasteiger partial charge is 0.351 e. The van der Waals surface area contributed by atoms with Crippen molar-refractivity contribution in [2.75, 3.05) is 25.6 Å². The summed E-state index contributed by atoms with van der Waals surface area (Å²) in [6.07, 6.45) is -2.14. The van der Waals surface area contributed by atoms with Gasteiger partial charge in [-0.15, -0.1) is 0 Å². The molecule has 0 bridgehead atoms. The van der Waals surface area contributed by atoms with Crippen LogP contribution in [0.2, 0.25) is 0 Å². The second-order valence-electron chi connectivity index (χ2n) is 8.43. The van der Waals surface area contributed by atoms with Gasteiger partial charge in [-0.05, 0) is 25.5 Å². The standard InChI is InChI=1S/C25H31N3O9/c1-4-17-20(37-19(31)11-10-18(29)30)21(35-13-12-34-3)24(36-17)28-14-15(2)22(27-25(28)33)26-23(32)16-8-6-5-7-9-16/h5-9,14,17,20-21,24H,4,10-13H2,1-3H3,(H,29,30)(H,26,27,32,33)/t17-,20?,21+,24-/m1/s1. The minimum atomic E-state index is -1.12. The molecule has 0 saturated carbocycles. The zero-order valence-corrected chi connectivity index (χ0v) is 20.9. The Bertz CT molecular complexity index is 1150. The summed E-state index contributed by atoms with van der Waals surface area (Å²) in [6.45, 7) is 3.88. The van der Waals surface area contributed by atoms with Crippen LogP contribution in [0.15, 0.2) is 41.3 Å². The molecular formula is C25H31N3O9. The summed E-state index contributed by atoms with van der Waals surface area (Å²) in [7, 11) is 1.50. The molecule has 3 rings (SSSR count). The maximum atomic E-state index is 13.0. The van der Waals surface area contributed by atoms with Gasteiger partial charge in [0.2, 0.25) is 0 Å². The van der Waals surface area contributed by atoms with Crippen molar-refractivity contribution < 1.29 is 38.4 Å². The van der Waals surface area contributed by atoms with Gasteiger partial charge in [0.15, 0.2) is 12.3 Å². The Labute approximate surface area is 213 Å². The normalized spacial score (nSPS) is 20.9. The van der Waals surface area contributed by atoms with E-state index in [1.54, 1.807) is 37.3 Å². The van der Waals surface area contributed by atoms with Gasteiger partial charge in [0.1, 0.15) is 11.9 Å². The lowest BCUT2D eigenvalue weighted by Crippen LogP contribution is -2.41. The maximum absolute atomic E-state index is 13.0. The third-order valence-corrected chi connectivity index (χ3v) is 5.77. The van der Waals surface area contributed by atoms with Crippen molar-refractivity contribution in [2.45, 2.75) is 57.6 Å². The van der Waals surface area contributed by atoms with Crippen LogP contribution < -0.4 is 11.0 Å². The molecule has 1 aromatic carbocycles. The Morgan fingerprint density at radius 1 is 1.14 bits per heavy atom. The molecule has 2 heterocycles. The molecule has 2 aromatic rings. The van der Waals surface area contributed by atoms with Crippen LogP contribution >= 0.6 is 0 Å². The second kappa shape index (κ2) is 13.1. The molecular weight excluding hydrogens is 486 g/mol. The molecule has 1 aromatic heterocycles. The van der Waals surface area contributed by atoms with E-state index in [4.69, 9.17) is 24.1 Å². The Balaban J connectivity index is 1.86. The number of amides is 1. The number of aliphatic carboxylic acids is 1. The predicted molar refractivity (Wildman–Crippen MR) is 130 cm³/mol. The number of ether oxygens (including phenoxy) is 4. The summed E-state index contributed by atoms with van der Waals surface area (Å²) in [5.74, 6) is -2.14. The number of carbonyl (C=O) groups excluding carboxylic acids is 2. The fraction of sp³-hybridized carbons (Fsp3) is 0.480. The number of hydrogen-bond donors (Lipinski definition) is 2. The van der Waals surface area contributed by atoms with Crippen molar-refractivity contribution in [3.05, 3.63) is 58.1 Å². The maximum Gasteiger partial charge on any atom is 0.351 e. The number of benzene rings is 1. The molecule has 0 spiro atoms. The van der Waals surface area contributed by atoms with Crippen molar-refractivity contribution in [3.63, 3.8) is 0 Å². The highest BCUT2D eigenvalue weighted by Gasteiger charge is 2.48. The zero-order chi connectivity index (χ0) is 26.9. The second-order valence-corrected chi connectivity index (χ2v) is 8.43. The van der Waals surface area contributed by atoms with Crippen molar-refractivity contribution in [2.24, 2.45) is 0 Å². The molecule has 1 amide bonds. The fourth-order valence-electron chi connectivity index (χ4n) is 3.91. The first-order valence-corrected chi connectivity index (χ1v) is 11.9. The van der Waals surface area contributed by atoms with Crippen LogP contribution in [0, 0.1) is 6.92 Å². The number of methoxy groups -OCH3 is 1. The van der Waals surface area contributed by atoms with Crippen LogP contribution in [0.25, 0.3) is 0 Å². The largest absolute Gasteiger partial charge is 0.481 e. The highest BCUT2D eigenvalue weighted by atomic mass is 16.6. The van der Waals surface area contributed by atoms with Crippen molar-refractivity contribution in [1.82, 2.24) is 9.55 Å². The van der Waals surface area contributed by atoms with Gasteiger partial charge >= 0.3 is 17.6 Å². The van der Waals surface area contributed by atoms with Gasteiger partial charge in [0.05, 0.1) is 32.2 Å². The molecule has 1 unspecified atom stereocenters. The minimum Gasteiger partial charge on any atom is -0.481 e. The number of nitrogens with one attached hydrogen (secondary N) is 1. The first kappa shape index (κ1) is 28.0. The Kier molecular flexibility index (Phi) is 9.89. The van der Waals surface area contributed by atoms with E-state index in [0.29, 0.717) is 17.5 Å². The molecule has 200 valence electrons. The topological polar surface area (TPSA) is 155 Å². The van der Waals surface area contributed by atoms with Crippen LogP contribution in [0.1, 0.15) is 48.3 Å². The van der Waals surface area contributed by atoms with E-state index in [0.717, 1.165) is 0 Å². The number of nitrogens with zero attached hydrogens (tertiary/aromatic N) is 2. The summed E-state index contributed by atoms with van der Waals surface area (Å²) in [6, 6.07) is 8.52. The molecule has 1 aliphatic heterocycles. The van der Waals surface area contributed by atoms with Gasteiger partial charge in [-0.1, -0.05) is 25.1 Å². The number of anilines is 1. The highest BCUT2D eigenvalue weighted by molar-refractivity contribution is 6.04. The quantitative estimate of drug-likeness (QED) is 0.315. The predicted octanol–water partition coefficient (Wildman–Crippen LogP) is 1.92. The summed E-state index contributed by atoms with van der Waals surface area (Å²) >= 11 is 0. The number of aromatic nitrogens is 2. The molecule has 2 N–H and O–H groups in total. The lowest BCUT2D eigenvalue weighted by molar-refractivity contribution is -0.160. The average molecular weight is 518 g/mol. The van der Waals surface area contributed by atoms with Crippen molar-refractivity contribution in [1.29, 1.82) is 0 Å². The number of carbonyl (C=O) groups is 3. The van der Waals surface area contributed by atoms with Gasteiger partial charge < -0.3 is 29.4 Å². The third kappa shape index (κ3) is 7.21. The molecule has 12 heteroatoms. The molecule has 37 heavy (non-hydrogen) atoms. The number of aryl methyl sites for hydroxylation is 1. The number of carboxylic acids is 1. The zero-order valence-electron chi connectivity index (χ0n) is 20.9. The van der Waals surface area contributed by atoms with E-state index in [-0.39, 0.29) is 31.9 Å². The van der Waals surface area contributed by atoms with Crippen LogP contribution in [0.3, 0.4) is 0 Å². The summed E-state index contributed by atoms with van der Waals surface area (Å²) in [4.78, 5) is 52.8. The summed E-state index contributed by atoms with van der Waals surface area (Å²) in [5.41, 5.74) is 0.210. The number of carboxylic acid groups (broad SMARTS) is 1. The van der Waals surface area contributed by atoms with Gasteiger partial charge in [0.25, 0.3) is 5.91 Å². The number of hydrogen-bond acceptors (Lipinski definition) is 9. The minimum absolute atomic E-state index is 0.105. The van der Waals surface area contributed by atoms with E-state index >= 15 is 0 Å². The van der Waals surface area contributed by atoms with E-state index in [1.165, 1.54) is 17.9 Å². The summed E-state index contributed by atoms with van der Waals surface area (Å²) in [5, 5.41) is 11.5. The van der Waals surface area contributed by atoms with Crippen LogP contribution in [-0.2, 0) is 28.5 Å². The van der Waals surface area contributed by atoms with E-state index in [9.17, 15) is 19.2 Å². The fourth-order valence-corrected chi connectivity index (χ4v) is 3.91. The SMILES string of the molecule is CC[C@H]1O[C@@H](n2cc(C)c(NC(=O)c3ccccc3)nc2=O)[C@@H](OCCOC)C1OC(=O)CCC(=O)O. The van der Waals surface area contributed by atoms with Crippen molar-refractivity contribution in [3.8, 4) is 0 Å². The molecule has 1 aliphatic rings. The lowest BCUT2D eigenvalue weighted by atomic mass is 10.1. The Morgan fingerprint density at radius 3 is 2.51 bits per heavy atom. The van der Waals surface area contributed by atoms with Gasteiger partial charge in [-0.25, -0.2) is 4.79 Å². The Hall–Kier alpha value is -3.61. The van der Waals surface area contributed by atoms with E-state index in [1.807, 2.05) is 6.92 Å². The molecule has 4 atom stereocenters.